The molecular formula is C12H15NO2. The number of carbonyl (C=O) groups excluding carboxylic acids is 1. The molecule has 3 nitrogen and oxygen atoms in total. The molecule has 0 fully saturated rings. The summed E-state index contributed by atoms with van der Waals surface area (Å²) in [6, 6.07) is 5.06. The highest BCUT2D eigenvalue weighted by molar-refractivity contribution is 5.91. The van der Waals surface area contributed by atoms with Gasteiger partial charge in [0.05, 0.1) is 0 Å². The molecule has 1 aromatic rings. The second-order valence-corrected chi connectivity index (χ2v) is 3.33. The molecule has 1 rings (SSSR count). The van der Waals surface area contributed by atoms with Crippen LogP contribution in [0.25, 0.3) is 0 Å². The second kappa shape index (κ2) is 5.20. The molecule has 80 valence electrons. The first-order chi connectivity index (χ1) is 7.15. The molecule has 15 heavy (non-hydrogen) atoms. The molecular weight excluding hydrogens is 190 g/mol. The Kier molecular flexibility index (Phi) is 3.92. The van der Waals surface area contributed by atoms with Crippen molar-refractivity contribution in [1.29, 1.82) is 0 Å². The number of anilines is 1. The third-order valence-electron chi connectivity index (χ3n) is 2.15. The van der Waals surface area contributed by atoms with E-state index in [-0.39, 0.29) is 11.7 Å². The molecule has 0 saturated heterocycles. The number of rotatable bonds is 4. The number of allylic oxidation sites excluding steroid dienone is 1. The summed E-state index contributed by atoms with van der Waals surface area (Å²) in [6.45, 7) is 5.31. The topological polar surface area (TPSA) is 49.3 Å². The molecule has 0 aliphatic rings. The van der Waals surface area contributed by atoms with Crippen LogP contribution in [0.5, 0.6) is 5.75 Å². The molecule has 0 unspecified atom stereocenters. The zero-order valence-electron chi connectivity index (χ0n) is 8.79. The molecule has 2 N–H and O–H groups in total. The standard InChI is InChI=1S/C12H15NO2/c1-3-4-8-12(15)13-10-6-5-7-11(14)9(10)2/h3,5-7,14H,1,4,8H2,2H3,(H,13,15). The molecule has 0 bridgehead atoms. The highest BCUT2D eigenvalue weighted by Gasteiger charge is 2.05. The molecule has 0 aliphatic heterocycles. The van der Waals surface area contributed by atoms with Crippen LogP contribution >= 0.6 is 0 Å². The van der Waals surface area contributed by atoms with Crippen molar-refractivity contribution in [3.63, 3.8) is 0 Å². The summed E-state index contributed by atoms with van der Waals surface area (Å²) in [5, 5.41) is 12.2. The Bertz CT molecular complexity index is 372. The fourth-order valence-electron chi connectivity index (χ4n) is 1.20. The zero-order chi connectivity index (χ0) is 11.3. The van der Waals surface area contributed by atoms with Gasteiger partial charge in [-0.3, -0.25) is 4.79 Å². The summed E-state index contributed by atoms with van der Waals surface area (Å²) >= 11 is 0. The van der Waals surface area contributed by atoms with Crippen molar-refractivity contribution in [2.24, 2.45) is 0 Å². The highest BCUT2D eigenvalue weighted by Crippen LogP contribution is 2.23. The molecule has 1 aromatic carbocycles. The van der Waals surface area contributed by atoms with Crippen LogP contribution in [0, 0.1) is 6.92 Å². The van der Waals surface area contributed by atoms with Gasteiger partial charge in [0.2, 0.25) is 5.91 Å². The number of benzene rings is 1. The van der Waals surface area contributed by atoms with Crippen molar-refractivity contribution in [3.05, 3.63) is 36.4 Å². The summed E-state index contributed by atoms with van der Waals surface area (Å²) in [5.41, 5.74) is 1.34. The fourth-order valence-corrected chi connectivity index (χ4v) is 1.20. The van der Waals surface area contributed by atoms with E-state index in [0.717, 1.165) is 0 Å². The predicted octanol–water partition coefficient (Wildman–Crippen LogP) is 2.61. The zero-order valence-corrected chi connectivity index (χ0v) is 8.79. The quantitative estimate of drug-likeness (QED) is 0.742. The maximum Gasteiger partial charge on any atom is 0.224 e. The molecule has 1 amide bonds. The number of hydrogen-bond acceptors (Lipinski definition) is 2. The number of aromatic hydroxyl groups is 1. The van der Waals surface area contributed by atoms with Gasteiger partial charge in [0.15, 0.2) is 0 Å². The normalized spacial score (nSPS) is 9.67. The van der Waals surface area contributed by atoms with Crippen LogP contribution in [0.3, 0.4) is 0 Å². The van der Waals surface area contributed by atoms with Crippen LogP contribution in [0.15, 0.2) is 30.9 Å². The van der Waals surface area contributed by atoms with Gasteiger partial charge in [0.1, 0.15) is 5.75 Å². The van der Waals surface area contributed by atoms with Crippen LogP contribution < -0.4 is 5.32 Å². The SMILES string of the molecule is C=CCCC(=O)Nc1cccc(O)c1C. The van der Waals surface area contributed by atoms with Crippen molar-refractivity contribution >= 4 is 11.6 Å². The van der Waals surface area contributed by atoms with E-state index in [1.165, 1.54) is 0 Å². The number of phenols is 1. The first kappa shape index (κ1) is 11.3. The molecule has 0 radical (unpaired) electrons. The van der Waals surface area contributed by atoms with E-state index in [0.29, 0.717) is 24.1 Å². The van der Waals surface area contributed by atoms with Crippen LogP contribution in [-0.2, 0) is 4.79 Å². The third-order valence-corrected chi connectivity index (χ3v) is 2.15. The third kappa shape index (κ3) is 3.13. The first-order valence-electron chi connectivity index (χ1n) is 4.84. The molecule has 0 atom stereocenters. The molecule has 0 aliphatic carbocycles. The summed E-state index contributed by atoms with van der Waals surface area (Å²) in [6.07, 6.45) is 2.77. The van der Waals surface area contributed by atoms with Crippen molar-refractivity contribution in [3.8, 4) is 5.75 Å². The van der Waals surface area contributed by atoms with Gasteiger partial charge in [0, 0.05) is 17.7 Å². The lowest BCUT2D eigenvalue weighted by Gasteiger charge is -2.08. The van der Waals surface area contributed by atoms with Gasteiger partial charge >= 0.3 is 0 Å². The van der Waals surface area contributed by atoms with Gasteiger partial charge in [-0.1, -0.05) is 12.1 Å². The molecule has 0 spiro atoms. The lowest BCUT2D eigenvalue weighted by atomic mass is 10.1. The van der Waals surface area contributed by atoms with Gasteiger partial charge in [-0.2, -0.15) is 0 Å². The Morgan fingerprint density at radius 1 is 1.60 bits per heavy atom. The lowest BCUT2D eigenvalue weighted by Crippen LogP contribution is -2.11. The predicted molar refractivity (Wildman–Crippen MR) is 60.9 cm³/mol. The summed E-state index contributed by atoms with van der Waals surface area (Å²) < 4.78 is 0. The van der Waals surface area contributed by atoms with E-state index in [2.05, 4.69) is 11.9 Å². The Labute approximate surface area is 89.4 Å². The van der Waals surface area contributed by atoms with Crippen molar-refractivity contribution in [2.45, 2.75) is 19.8 Å². The van der Waals surface area contributed by atoms with Crippen molar-refractivity contribution in [1.82, 2.24) is 0 Å². The van der Waals surface area contributed by atoms with Crippen molar-refractivity contribution < 1.29 is 9.90 Å². The molecule has 0 saturated carbocycles. The highest BCUT2D eigenvalue weighted by atomic mass is 16.3. The average Bonchev–Trinajstić information content (AvgIpc) is 2.22. The van der Waals surface area contributed by atoms with E-state index >= 15 is 0 Å². The fraction of sp³-hybridized carbons (Fsp3) is 0.250. The van der Waals surface area contributed by atoms with E-state index in [9.17, 15) is 9.90 Å². The Morgan fingerprint density at radius 2 is 2.33 bits per heavy atom. The number of carbonyl (C=O) groups is 1. The monoisotopic (exact) mass is 205 g/mol. The maximum atomic E-state index is 11.4. The molecule has 0 heterocycles. The Morgan fingerprint density at radius 3 is 3.00 bits per heavy atom. The van der Waals surface area contributed by atoms with E-state index in [1.54, 1.807) is 31.2 Å². The number of hydrogen-bond donors (Lipinski definition) is 2. The summed E-state index contributed by atoms with van der Waals surface area (Å²) in [7, 11) is 0. The number of phenolic OH excluding ortho intramolecular Hbond substituents is 1. The number of nitrogens with one attached hydrogen (secondary N) is 1. The average molecular weight is 205 g/mol. The number of amides is 1. The second-order valence-electron chi connectivity index (χ2n) is 3.33. The first-order valence-corrected chi connectivity index (χ1v) is 4.84. The smallest absolute Gasteiger partial charge is 0.224 e. The maximum absolute atomic E-state index is 11.4. The van der Waals surface area contributed by atoms with Gasteiger partial charge in [-0.05, 0) is 25.5 Å². The lowest BCUT2D eigenvalue weighted by molar-refractivity contribution is -0.116. The van der Waals surface area contributed by atoms with E-state index in [4.69, 9.17) is 0 Å². The van der Waals surface area contributed by atoms with E-state index < -0.39 is 0 Å². The largest absolute Gasteiger partial charge is 0.508 e. The summed E-state index contributed by atoms with van der Waals surface area (Å²) in [4.78, 5) is 11.4. The van der Waals surface area contributed by atoms with Crippen LogP contribution in [0.2, 0.25) is 0 Å². The van der Waals surface area contributed by atoms with Gasteiger partial charge in [-0.15, -0.1) is 6.58 Å². The minimum Gasteiger partial charge on any atom is -0.508 e. The van der Waals surface area contributed by atoms with Gasteiger partial charge in [0.25, 0.3) is 0 Å². The van der Waals surface area contributed by atoms with Crippen LogP contribution in [0.4, 0.5) is 5.69 Å². The van der Waals surface area contributed by atoms with Crippen LogP contribution in [0.1, 0.15) is 18.4 Å². The van der Waals surface area contributed by atoms with Crippen LogP contribution in [-0.4, -0.2) is 11.0 Å². The summed E-state index contributed by atoms with van der Waals surface area (Å²) in [5.74, 6) is 0.125. The molecule has 0 aromatic heterocycles. The minimum absolute atomic E-state index is 0.0661. The minimum atomic E-state index is -0.0661. The Balaban J connectivity index is 2.68. The molecule has 3 heteroatoms. The van der Waals surface area contributed by atoms with E-state index in [1.807, 2.05) is 0 Å². The van der Waals surface area contributed by atoms with Gasteiger partial charge < -0.3 is 10.4 Å². The Hall–Kier alpha value is -1.77. The van der Waals surface area contributed by atoms with Crippen molar-refractivity contribution in [2.75, 3.05) is 5.32 Å². The van der Waals surface area contributed by atoms with Gasteiger partial charge in [-0.25, -0.2) is 0 Å².